The average Bonchev–Trinajstić information content (AvgIpc) is 3.25. The number of hydrogen-bond acceptors (Lipinski definition) is 5. The number of aromatic nitrogens is 4. The van der Waals surface area contributed by atoms with E-state index in [1.54, 1.807) is 10.9 Å². The molecule has 0 unspecified atom stereocenters. The number of para-hydroxylation sites is 2. The molecule has 0 bridgehead atoms. The van der Waals surface area contributed by atoms with Gasteiger partial charge in [0.05, 0.1) is 18.1 Å². The van der Waals surface area contributed by atoms with E-state index in [2.05, 4.69) is 31.4 Å². The van der Waals surface area contributed by atoms with Gasteiger partial charge in [0, 0.05) is 10.2 Å². The van der Waals surface area contributed by atoms with Gasteiger partial charge in [0.2, 0.25) is 5.95 Å². The third-order valence-electron chi connectivity index (χ3n) is 4.80. The van der Waals surface area contributed by atoms with Crippen molar-refractivity contribution in [1.29, 1.82) is 0 Å². The van der Waals surface area contributed by atoms with Crippen molar-refractivity contribution in [3.05, 3.63) is 112 Å². The smallest absolute Gasteiger partial charge is 0.286 e. The number of nitrogens with one attached hydrogen (secondary N) is 1. The van der Waals surface area contributed by atoms with Crippen LogP contribution in [0, 0.1) is 0 Å². The fraction of sp³-hybridized carbons (Fsp3) is 0. The Balaban J connectivity index is 1.67. The summed E-state index contributed by atoms with van der Waals surface area (Å²) in [6.07, 6.45) is 3.15. The van der Waals surface area contributed by atoms with E-state index in [9.17, 15) is 4.79 Å². The van der Waals surface area contributed by atoms with Crippen molar-refractivity contribution < 1.29 is 0 Å². The van der Waals surface area contributed by atoms with E-state index in [1.165, 1.54) is 10.9 Å². The van der Waals surface area contributed by atoms with Gasteiger partial charge >= 0.3 is 0 Å². The molecular formula is C24H17BrN6O. The van der Waals surface area contributed by atoms with Gasteiger partial charge in [-0.1, -0.05) is 64.5 Å². The summed E-state index contributed by atoms with van der Waals surface area (Å²) in [7, 11) is 0. The zero-order chi connectivity index (χ0) is 21.9. The van der Waals surface area contributed by atoms with Crippen molar-refractivity contribution in [1.82, 2.24) is 19.4 Å². The average molecular weight is 485 g/mol. The molecule has 0 saturated carbocycles. The molecule has 32 heavy (non-hydrogen) atoms. The molecule has 0 spiro atoms. The molecule has 5 rings (SSSR count). The van der Waals surface area contributed by atoms with Crippen LogP contribution in [0.25, 0.3) is 16.7 Å². The lowest BCUT2D eigenvalue weighted by Gasteiger charge is -2.11. The summed E-state index contributed by atoms with van der Waals surface area (Å²) >= 11 is 3.42. The monoisotopic (exact) mass is 484 g/mol. The Hall–Kier alpha value is -4.04. The number of rotatable bonds is 5. The summed E-state index contributed by atoms with van der Waals surface area (Å²) in [5, 5.41) is 12.4. The van der Waals surface area contributed by atoms with Gasteiger partial charge in [-0.05, 0) is 42.0 Å². The first-order chi connectivity index (χ1) is 15.7. The highest BCUT2D eigenvalue weighted by Gasteiger charge is 2.16. The molecule has 5 aromatic rings. The predicted octanol–water partition coefficient (Wildman–Crippen LogP) is 4.97. The third kappa shape index (κ3) is 3.95. The highest BCUT2D eigenvalue weighted by molar-refractivity contribution is 9.10. The molecular weight excluding hydrogens is 468 g/mol. The molecule has 7 nitrogen and oxygen atoms in total. The second-order valence-electron chi connectivity index (χ2n) is 6.97. The number of halogens is 1. The van der Waals surface area contributed by atoms with Crippen LogP contribution in [0.1, 0.15) is 5.56 Å². The van der Waals surface area contributed by atoms with E-state index in [4.69, 9.17) is 4.98 Å². The summed E-state index contributed by atoms with van der Waals surface area (Å²) < 4.78 is 3.87. The van der Waals surface area contributed by atoms with Gasteiger partial charge in [0.1, 0.15) is 5.39 Å². The summed E-state index contributed by atoms with van der Waals surface area (Å²) in [6, 6.07) is 26.7. The van der Waals surface area contributed by atoms with Crippen LogP contribution in [0.5, 0.6) is 0 Å². The number of nitrogens with zero attached hydrogens (tertiary/aromatic N) is 5. The number of hydrogen-bond donors (Lipinski definition) is 1. The highest BCUT2D eigenvalue weighted by Crippen LogP contribution is 2.19. The van der Waals surface area contributed by atoms with Crippen molar-refractivity contribution in [3.8, 4) is 5.69 Å². The Labute approximate surface area is 191 Å². The largest absolute Gasteiger partial charge is 0.324 e. The maximum Gasteiger partial charge on any atom is 0.286 e. The van der Waals surface area contributed by atoms with E-state index in [-0.39, 0.29) is 5.56 Å². The minimum Gasteiger partial charge on any atom is -0.324 e. The van der Waals surface area contributed by atoms with Crippen LogP contribution in [-0.2, 0) is 0 Å². The van der Waals surface area contributed by atoms with E-state index < -0.39 is 0 Å². The fourth-order valence-electron chi connectivity index (χ4n) is 3.23. The highest BCUT2D eigenvalue weighted by atomic mass is 79.9. The van der Waals surface area contributed by atoms with Crippen LogP contribution in [0.3, 0.4) is 0 Å². The lowest BCUT2D eigenvalue weighted by atomic mass is 10.2. The summed E-state index contributed by atoms with van der Waals surface area (Å²) in [6.45, 7) is 0. The first-order valence-corrected chi connectivity index (χ1v) is 10.7. The van der Waals surface area contributed by atoms with Crippen LogP contribution in [0.2, 0.25) is 0 Å². The second-order valence-corrected chi connectivity index (χ2v) is 7.88. The van der Waals surface area contributed by atoms with Crippen LogP contribution in [0.4, 0.5) is 11.6 Å². The van der Waals surface area contributed by atoms with Gasteiger partial charge in [0.25, 0.3) is 5.56 Å². The number of fused-ring (bicyclic) bond motifs is 1. The van der Waals surface area contributed by atoms with Crippen molar-refractivity contribution >= 4 is 44.8 Å². The van der Waals surface area contributed by atoms with Crippen LogP contribution < -0.4 is 10.9 Å². The lowest BCUT2D eigenvalue weighted by Crippen LogP contribution is -2.21. The normalized spacial score (nSPS) is 11.3. The molecule has 3 aromatic carbocycles. The second kappa shape index (κ2) is 8.60. The standard InChI is InChI=1S/C24H17BrN6O/c25-18-13-11-17(12-14-18)15-26-31-23(32)21-16-27-30(20-9-5-2-6-10-20)22(21)29-24(31)28-19-7-3-1-4-8-19/h1-16H,(H,28,29)/b26-15+. The first-order valence-electron chi connectivity index (χ1n) is 9.87. The zero-order valence-electron chi connectivity index (χ0n) is 16.8. The topological polar surface area (TPSA) is 77.1 Å². The zero-order valence-corrected chi connectivity index (χ0v) is 18.3. The van der Waals surface area contributed by atoms with Crippen molar-refractivity contribution in [2.75, 3.05) is 5.32 Å². The Morgan fingerprint density at radius 1 is 0.906 bits per heavy atom. The molecule has 0 aliphatic heterocycles. The molecule has 0 radical (unpaired) electrons. The first kappa shape index (κ1) is 19.9. The summed E-state index contributed by atoms with van der Waals surface area (Å²) in [5.74, 6) is 0.291. The maximum atomic E-state index is 13.4. The van der Waals surface area contributed by atoms with Gasteiger partial charge in [-0.25, -0.2) is 4.68 Å². The van der Waals surface area contributed by atoms with Gasteiger partial charge < -0.3 is 5.32 Å². The Bertz CT molecular complexity index is 1460. The molecule has 0 amide bonds. The Morgan fingerprint density at radius 2 is 1.59 bits per heavy atom. The fourth-order valence-corrected chi connectivity index (χ4v) is 3.49. The van der Waals surface area contributed by atoms with E-state index in [1.807, 2.05) is 84.9 Å². The van der Waals surface area contributed by atoms with Crippen LogP contribution in [0.15, 0.2) is 105 Å². The number of anilines is 2. The summed E-state index contributed by atoms with van der Waals surface area (Å²) in [4.78, 5) is 18.1. The van der Waals surface area contributed by atoms with Gasteiger partial charge in [-0.15, -0.1) is 0 Å². The predicted molar refractivity (Wildman–Crippen MR) is 130 cm³/mol. The molecule has 0 atom stereocenters. The minimum absolute atomic E-state index is 0.291. The van der Waals surface area contributed by atoms with Crippen LogP contribution in [-0.4, -0.2) is 25.7 Å². The van der Waals surface area contributed by atoms with E-state index in [0.29, 0.717) is 17.0 Å². The van der Waals surface area contributed by atoms with E-state index in [0.717, 1.165) is 21.4 Å². The van der Waals surface area contributed by atoms with Crippen molar-refractivity contribution in [2.45, 2.75) is 0 Å². The van der Waals surface area contributed by atoms with Crippen LogP contribution >= 0.6 is 15.9 Å². The third-order valence-corrected chi connectivity index (χ3v) is 5.33. The van der Waals surface area contributed by atoms with Crippen molar-refractivity contribution in [2.24, 2.45) is 5.10 Å². The summed E-state index contributed by atoms with van der Waals surface area (Å²) in [5.41, 5.74) is 2.60. The van der Waals surface area contributed by atoms with Gasteiger partial charge in [-0.3, -0.25) is 4.79 Å². The maximum absolute atomic E-state index is 13.4. The SMILES string of the molecule is O=c1c2cnn(-c3ccccc3)c2nc(Nc2ccccc2)n1/N=C/c1ccc(Br)cc1. The Morgan fingerprint density at radius 3 is 2.31 bits per heavy atom. The molecule has 0 fully saturated rings. The molecule has 2 heterocycles. The van der Waals surface area contributed by atoms with Crippen molar-refractivity contribution in [3.63, 3.8) is 0 Å². The Kier molecular flexibility index (Phi) is 5.35. The molecule has 0 aliphatic carbocycles. The lowest BCUT2D eigenvalue weighted by molar-refractivity contribution is 0.822. The molecule has 0 saturated heterocycles. The molecule has 8 heteroatoms. The molecule has 1 N–H and O–H groups in total. The molecule has 156 valence electrons. The number of benzene rings is 3. The minimum atomic E-state index is -0.316. The van der Waals surface area contributed by atoms with Gasteiger partial charge in [-0.2, -0.15) is 19.9 Å². The van der Waals surface area contributed by atoms with E-state index >= 15 is 0 Å². The molecule has 2 aromatic heterocycles. The van der Waals surface area contributed by atoms with Gasteiger partial charge in [0.15, 0.2) is 5.65 Å². The molecule has 0 aliphatic rings. The quantitative estimate of drug-likeness (QED) is 0.357.